The Hall–Kier alpha value is -4.79. The SMILES string of the molecule is N#Cc1ccc(NCC(F)(F)c2ccccn2)nc1CC(=O)NCc1cnccc1-n1cncn1. The molecule has 1 amide bonds. The molecule has 4 aromatic rings. The Kier molecular flexibility index (Phi) is 6.96. The lowest BCUT2D eigenvalue weighted by Gasteiger charge is -2.17. The molecule has 0 fully saturated rings. The number of nitriles is 1. The van der Waals surface area contributed by atoms with Gasteiger partial charge in [0.05, 0.1) is 29.9 Å². The zero-order valence-corrected chi connectivity index (χ0v) is 18.3. The topological polar surface area (TPSA) is 134 Å². The number of rotatable bonds is 9. The standard InChI is InChI=1S/C23H19F2N9O/c24-23(25,20-3-1-2-7-29-20)13-31-21-5-4-16(10-26)18(33-21)9-22(35)30-12-17-11-27-8-6-19(17)34-15-28-14-32-34/h1-8,11,14-15H,9,12-13H2,(H,30,35)(H,31,33). The molecule has 12 heteroatoms. The number of carbonyl (C=O) groups excluding carboxylic acids is 1. The van der Waals surface area contributed by atoms with Crippen LogP contribution in [0.25, 0.3) is 5.69 Å². The number of anilines is 1. The quantitative estimate of drug-likeness (QED) is 0.377. The predicted octanol–water partition coefficient (Wildman–Crippen LogP) is 2.39. The molecular weight excluding hydrogens is 456 g/mol. The van der Waals surface area contributed by atoms with E-state index in [0.29, 0.717) is 11.3 Å². The molecule has 176 valence electrons. The molecule has 0 saturated heterocycles. The molecule has 0 saturated carbocycles. The summed E-state index contributed by atoms with van der Waals surface area (Å²) in [4.78, 5) is 28.5. The van der Waals surface area contributed by atoms with Crippen molar-refractivity contribution in [1.29, 1.82) is 5.26 Å². The van der Waals surface area contributed by atoms with E-state index >= 15 is 0 Å². The van der Waals surface area contributed by atoms with Gasteiger partial charge in [0.15, 0.2) is 0 Å². The van der Waals surface area contributed by atoms with Crippen LogP contribution in [-0.2, 0) is 23.7 Å². The molecule has 0 bridgehead atoms. The molecule has 4 heterocycles. The van der Waals surface area contributed by atoms with Crippen LogP contribution in [0, 0.1) is 11.3 Å². The Labute approximate surface area is 198 Å². The molecule has 4 rings (SSSR count). The van der Waals surface area contributed by atoms with E-state index in [0.717, 1.165) is 0 Å². The van der Waals surface area contributed by atoms with E-state index in [1.165, 1.54) is 43.1 Å². The number of hydrogen-bond acceptors (Lipinski definition) is 8. The summed E-state index contributed by atoms with van der Waals surface area (Å²) in [6, 6.07) is 10.8. The van der Waals surface area contributed by atoms with Crippen molar-refractivity contribution in [3.05, 3.63) is 90.2 Å². The third-order valence-electron chi connectivity index (χ3n) is 4.97. The van der Waals surface area contributed by atoms with Crippen molar-refractivity contribution in [1.82, 2.24) is 35.0 Å². The van der Waals surface area contributed by atoms with E-state index in [2.05, 4.69) is 35.7 Å². The minimum Gasteiger partial charge on any atom is -0.364 e. The van der Waals surface area contributed by atoms with Gasteiger partial charge in [0.25, 0.3) is 0 Å². The van der Waals surface area contributed by atoms with Crippen LogP contribution in [0.15, 0.2) is 67.6 Å². The van der Waals surface area contributed by atoms with E-state index in [4.69, 9.17) is 0 Å². The normalized spacial score (nSPS) is 11.0. The Morgan fingerprint density at radius 2 is 2.03 bits per heavy atom. The molecule has 0 aromatic carbocycles. The van der Waals surface area contributed by atoms with Crippen LogP contribution in [0.4, 0.5) is 14.6 Å². The molecule has 0 unspecified atom stereocenters. The predicted molar refractivity (Wildman–Crippen MR) is 120 cm³/mol. The number of alkyl halides is 2. The second kappa shape index (κ2) is 10.4. The third kappa shape index (κ3) is 5.77. The summed E-state index contributed by atoms with van der Waals surface area (Å²) >= 11 is 0. The van der Waals surface area contributed by atoms with Crippen molar-refractivity contribution in [2.45, 2.75) is 18.9 Å². The molecular formula is C23H19F2N9O. The minimum absolute atomic E-state index is 0.114. The van der Waals surface area contributed by atoms with Crippen LogP contribution in [0.1, 0.15) is 22.5 Å². The van der Waals surface area contributed by atoms with Crippen molar-refractivity contribution in [2.75, 3.05) is 11.9 Å². The van der Waals surface area contributed by atoms with Crippen LogP contribution in [0.3, 0.4) is 0 Å². The first kappa shape index (κ1) is 23.4. The highest BCUT2D eigenvalue weighted by atomic mass is 19.3. The molecule has 0 aliphatic heterocycles. The summed E-state index contributed by atoms with van der Waals surface area (Å²) in [5, 5.41) is 18.8. The van der Waals surface area contributed by atoms with Gasteiger partial charge in [-0.2, -0.15) is 19.1 Å². The van der Waals surface area contributed by atoms with Gasteiger partial charge in [0, 0.05) is 30.7 Å². The maximum Gasteiger partial charge on any atom is 0.306 e. The second-order valence-corrected chi connectivity index (χ2v) is 7.37. The van der Waals surface area contributed by atoms with Crippen molar-refractivity contribution < 1.29 is 13.6 Å². The lowest BCUT2D eigenvalue weighted by atomic mass is 10.1. The monoisotopic (exact) mass is 475 g/mol. The van der Waals surface area contributed by atoms with Gasteiger partial charge in [-0.1, -0.05) is 6.07 Å². The number of amides is 1. The molecule has 0 atom stereocenters. The first-order valence-electron chi connectivity index (χ1n) is 10.4. The van der Waals surface area contributed by atoms with Crippen LogP contribution >= 0.6 is 0 Å². The Morgan fingerprint density at radius 1 is 1.14 bits per heavy atom. The number of carbonyl (C=O) groups is 1. The van der Waals surface area contributed by atoms with Crippen molar-refractivity contribution in [3.8, 4) is 11.8 Å². The third-order valence-corrected chi connectivity index (χ3v) is 4.97. The first-order chi connectivity index (χ1) is 17.0. The van der Waals surface area contributed by atoms with Crippen LogP contribution in [0.5, 0.6) is 0 Å². The van der Waals surface area contributed by atoms with Crippen LogP contribution in [0.2, 0.25) is 0 Å². The molecule has 0 spiro atoms. The number of hydrogen-bond donors (Lipinski definition) is 2. The van der Waals surface area contributed by atoms with Gasteiger partial charge in [-0.15, -0.1) is 0 Å². The zero-order valence-electron chi connectivity index (χ0n) is 18.3. The molecule has 4 aromatic heterocycles. The largest absolute Gasteiger partial charge is 0.364 e. The van der Waals surface area contributed by atoms with Gasteiger partial charge >= 0.3 is 5.92 Å². The molecule has 35 heavy (non-hydrogen) atoms. The lowest BCUT2D eigenvalue weighted by molar-refractivity contribution is -0.120. The smallest absolute Gasteiger partial charge is 0.306 e. The number of nitrogens with zero attached hydrogens (tertiary/aromatic N) is 7. The molecule has 0 aliphatic carbocycles. The van der Waals surface area contributed by atoms with Crippen molar-refractivity contribution >= 4 is 11.7 Å². The maximum absolute atomic E-state index is 14.4. The first-order valence-corrected chi connectivity index (χ1v) is 10.4. The van der Waals surface area contributed by atoms with Gasteiger partial charge in [-0.3, -0.25) is 14.8 Å². The van der Waals surface area contributed by atoms with E-state index in [-0.39, 0.29) is 35.7 Å². The highest BCUT2D eigenvalue weighted by Crippen LogP contribution is 2.26. The Bertz CT molecular complexity index is 1340. The summed E-state index contributed by atoms with van der Waals surface area (Å²) in [7, 11) is 0. The summed E-state index contributed by atoms with van der Waals surface area (Å²) in [6.45, 7) is -0.599. The Balaban J connectivity index is 1.41. The fourth-order valence-corrected chi connectivity index (χ4v) is 3.23. The summed E-state index contributed by atoms with van der Waals surface area (Å²) in [5.41, 5.74) is 1.37. The van der Waals surface area contributed by atoms with E-state index in [1.54, 1.807) is 29.2 Å². The average molecular weight is 475 g/mol. The van der Waals surface area contributed by atoms with Gasteiger partial charge in [-0.25, -0.2) is 14.6 Å². The van der Waals surface area contributed by atoms with Gasteiger partial charge < -0.3 is 10.6 Å². The van der Waals surface area contributed by atoms with E-state index in [1.807, 2.05) is 6.07 Å². The van der Waals surface area contributed by atoms with Gasteiger partial charge in [0.1, 0.15) is 30.2 Å². The number of nitrogens with one attached hydrogen (secondary N) is 2. The van der Waals surface area contributed by atoms with Crippen molar-refractivity contribution in [3.63, 3.8) is 0 Å². The van der Waals surface area contributed by atoms with Crippen LogP contribution in [-0.4, -0.2) is 42.2 Å². The number of pyridine rings is 3. The molecule has 0 radical (unpaired) electrons. The fourth-order valence-electron chi connectivity index (χ4n) is 3.23. The Morgan fingerprint density at radius 3 is 2.77 bits per heavy atom. The summed E-state index contributed by atoms with van der Waals surface area (Å²) < 4.78 is 30.4. The number of halogens is 2. The molecule has 0 aliphatic rings. The molecule has 2 N–H and O–H groups in total. The van der Waals surface area contributed by atoms with E-state index < -0.39 is 18.4 Å². The number of aromatic nitrogens is 6. The van der Waals surface area contributed by atoms with E-state index in [9.17, 15) is 18.8 Å². The maximum atomic E-state index is 14.4. The van der Waals surface area contributed by atoms with Gasteiger partial charge in [0.2, 0.25) is 5.91 Å². The lowest BCUT2D eigenvalue weighted by Crippen LogP contribution is -2.27. The highest BCUT2D eigenvalue weighted by molar-refractivity contribution is 5.79. The summed E-state index contributed by atoms with van der Waals surface area (Å²) in [6.07, 6.45) is 7.20. The molecule has 10 nitrogen and oxygen atoms in total. The van der Waals surface area contributed by atoms with Gasteiger partial charge in [-0.05, 0) is 30.3 Å². The highest BCUT2D eigenvalue weighted by Gasteiger charge is 2.32. The fraction of sp³-hybridized carbons (Fsp3) is 0.174. The van der Waals surface area contributed by atoms with Crippen LogP contribution < -0.4 is 10.6 Å². The zero-order chi connectivity index (χ0) is 24.7. The minimum atomic E-state index is -3.24. The summed E-state index contributed by atoms with van der Waals surface area (Å²) in [5.74, 6) is -3.53. The van der Waals surface area contributed by atoms with Crippen molar-refractivity contribution in [2.24, 2.45) is 0 Å². The average Bonchev–Trinajstić information content (AvgIpc) is 3.42. The second-order valence-electron chi connectivity index (χ2n) is 7.37.